The second-order valence-electron chi connectivity index (χ2n) is 6.49. The summed E-state index contributed by atoms with van der Waals surface area (Å²) in [6, 6.07) is 6.32. The van der Waals surface area contributed by atoms with Gasteiger partial charge in [0.15, 0.2) is 5.82 Å². The van der Waals surface area contributed by atoms with Crippen LogP contribution in [-0.2, 0) is 27.9 Å². The summed E-state index contributed by atoms with van der Waals surface area (Å²) in [5.41, 5.74) is 0.948. The maximum atomic E-state index is 12.3. The maximum Gasteiger partial charge on any atom is 0.249 e. The van der Waals surface area contributed by atoms with Gasteiger partial charge in [0.2, 0.25) is 21.8 Å². The van der Waals surface area contributed by atoms with Gasteiger partial charge in [-0.1, -0.05) is 5.16 Å². The zero-order valence-electron chi connectivity index (χ0n) is 15.3. The summed E-state index contributed by atoms with van der Waals surface area (Å²) < 4.78 is 32.3. The summed E-state index contributed by atoms with van der Waals surface area (Å²) in [7, 11) is -3.73. The Morgan fingerprint density at radius 2 is 2.00 bits per heavy atom. The van der Waals surface area contributed by atoms with Gasteiger partial charge in [0.05, 0.1) is 6.54 Å². The van der Waals surface area contributed by atoms with Crippen LogP contribution in [0.25, 0.3) is 0 Å². The third kappa shape index (κ3) is 4.30. The number of hydrogen-bond donors (Lipinski definition) is 1. The van der Waals surface area contributed by atoms with E-state index >= 15 is 0 Å². The zero-order valence-corrected chi connectivity index (χ0v) is 16.1. The fourth-order valence-corrected chi connectivity index (χ4v) is 4.04. The Morgan fingerprint density at radius 3 is 2.76 bits per heavy atom. The average Bonchev–Trinajstić information content (AvgIpc) is 3.35. The first-order chi connectivity index (χ1) is 14.0. The number of pyridine rings is 2. The number of carbonyl (C=O) groups is 1. The smallest absolute Gasteiger partial charge is 0.249 e. The average molecular weight is 414 g/mol. The number of rotatable bonds is 7. The molecule has 11 heteroatoms. The molecule has 3 aromatic heterocycles. The summed E-state index contributed by atoms with van der Waals surface area (Å²) in [5.74, 6) is 0.486. The van der Waals surface area contributed by atoms with Gasteiger partial charge in [0.25, 0.3) is 0 Å². The minimum atomic E-state index is -3.73. The summed E-state index contributed by atoms with van der Waals surface area (Å²) >= 11 is 0. The topological polar surface area (TPSA) is 131 Å². The van der Waals surface area contributed by atoms with Gasteiger partial charge in [-0.15, -0.1) is 0 Å². The number of likely N-dealkylation sites (tertiary alicyclic amines) is 1. The summed E-state index contributed by atoms with van der Waals surface area (Å²) in [6.45, 7) is 0.281. The molecule has 0 bridgehead atoms. The largest absolute Gasteiger partial charge is 0.337 e. The quantitative estimate of drug-likeness (QED) is 0.610. The Kier molecular flexibility index (Phi) is 5.32. The third-order valence-electron chi connectivity index (χ3n) is 4.56. The van der Waals surface area contributed by atoms with Gasteiger partial charge in [-0.05, 0) is 36.2 Å². The van der Waals surface area contributed by atoms with E-state index in [9.17, 15) is 13.2 Å². The number of nitrogens with zero attached hydrogens (tertiary/aromatic N) is 5. The lowest BCUT2D eigenvalue weighted by molar-refractivity contribution is -0.130. The molecular weight excluding hydrogens is 396 g/mol. The van der Waals surface area contributed by atoms with Crippen molar-refractivity contribution in [2.45, 2.75) is 36.9 Å². The molecule has 1 saturated heterocycles. The van der Waals surface area contributed by atoms with E-state index in [1.54, 1.807) is 17.3 Å². The van der Waals surface area contributed by atoms with Gasteiger partial charge in [0, 0.05) is 37.8 Å². The van der Waals surface area contributed by atoms with Crippen LogP contribution >= 0.6 is 0 Å². The molecule has 1 N–H and O–H groups in total. The molecule has 0 aliphatic carbocycles. The molecule has 3 aromatic rings. The fourth-order valence-electron chi connectivity index (χ4n) is 3.10. The maximum absolute atomic E-state index is 12.3. The molecule has 0 unspecified atom stereocenters. The molecule has 1 amide bonds. The number of hydrogen-bond acceptors (Lipinski definition) is 8. The van der Waals surface area contributed by atoms with Crippen molar-refractivity contribution in [3.63, 3.8) is 0 Å². The van der Waals surface area contributed by atoms with Gasteiger partial charge >= 0.3 is 0 Å². The third-order valence-corrected chi connectivity index (χ3v) is 5.95. The van der Waals surface area contributed by atoms with Gasteiger partial charge in [0.1, 0.15) is 10.9 Å². The summed E-state index contributed by atoms with van der Waals surface area (Å²) in [6.07, 6.45) is 7.04. The standard InChI is InChI=1S/C18H18N6O4S/c25-17-4-3-15(24(17)12-13-5-8-19-9-6-13)18-22-16(23-28-18)11-21-29(26,27)14-2-1-7-20-10-14/h1-2,5-10,15,21H,3-4,11-12H2/t15-/m0/s1. The SMILES string of the molecule is O=C1CC[C@@H](c2nc(CNS(=O)(=O)c3cccnc3)no2)N1Cc1ccncc1. The summed E-state index contributed by atoms with van der Waals surface area (Å²) in [4.78, 5) is 26.1. The fraction of sp³-hybridized carbons (Fsp3) is 0.278. The van der Waals surface area contributed by atoms with Crippen LogP contribution in [0.4, 0.5) is 0 Å². The molecule has 0 aromatic carbocycles. The number of carbonyl (C=O) groups excluding carboxylic acids is 1. The van der Waals surface area contributed by atoms with E-state index in [1.807, 2.05) is 12.1 Å². The van der Waals surface area contributed by atoms with Crippen LogP contribution in [-0.4, -0.2) is 39.3 Å². The van der Waals surface area contributed by atoms with Crippen LogP contribution in [0, 0.1) is 0 Å². The van der Waals surface area contributed by atoms with Gasteiger partial charge in [-0.3, -0.25) is 14.8 Å². The van der Waals surface area contributed by atoms with Crippen LogP contribution in [0.5, 0.6) is 0 Å². The molecule has 1 atom stereocenters. The molecule has 0 radical (unpaired) electrons. The second kappa shape index (κ2) is 8.05. The molecule has 10 nitrogen and oxygen atoms in total. The van der Waals surface area contributed by atoms with E-state index in [2.05, 4.69) is 24.8 Å². The molecule has 4 rings (SSSR count). The zero-order chi connectivity index (χ0) is 20.3. The molecule has 150 valence electrons. The van der Waals surface area contributed by atoms with E-state index in [1.165, 1.54) is 24.5 Å². The molecule has 1 fully saturated rings. The lowest BCUT2D eigenvalue weighted by atomic mass is 10.2. The molecular formula is C18H18N6O4S. The van der Waals surface area contributed by atoms with E-state index in [0.717, 1.165) is 5.56 Å². The Hall–Kier alpha value is -3.18. The highest BCUT2D eigenvalue weighted by molar-refractivity contribution is 7.89. The van der Waals surface area contributed by atoms with Crippen molar-refractivity contribution in [3.05, 3.63) is 66.3 Å². The van der Waals surface area contributed by atoms with Crippen molar-refractivity contribution in [3.8, 4) is 0 Å². The van der Waals surface area contributed by atoms with Crippen LogP contribution in [0.3, 0.4) is 0 Å². The highest BCUT2D eigenvalue weighted by Crippen LogP contribution is 2.33. The number of amides is 1. The van der Waals surface area contributed by atoms with Crippen LogP contribution in [0.2, 0.25) is 0 Å². The Balaban J connectivity index is 1.45. The van der Waals surface area contributed by atoms with Crippen molar-refractivity contribution in [2.24, 2.45) is 0 Å². The minimum Gasteiger partial charge on any atom is -0.337 e. The minimum absolute atomic E-state index is 0.00356. The van der Waals surface area contributed by atoms with Gasteiger partial charge in [-0.2, -0.15) is 4.98 Å². The Labute approximate surface area is 167 Å². The lowest BCUT2D eigenvalue weighted by Gasteiger charge is -2.21. The van der Waals surface area contributed by atoms with Crippen molar-refractivity contribution in [2.75, 3.05) is 0 Å². The molecule has 0 saturated carbocycles. The van der Waals surface area contributed by atoms with Crippen LogP contribution in [0.15, 0.2) is 58.5 Å². The van der Waals surface area contributed by atoms with E-state index in [4.69, 9.17) is 4.52 Å². The second-order valence-corrected chi connectivity index (χ2v) is 8.26. The van der Waals surface area contributed by atoms with Crippen molar-refractivity contribution in [1.29, 1.82) is 0 Å². The normalized spacial score (nSPS) is 17.0. The van der Waals surface area contributed by atoms with E-state index < -0.39 is 10.0 Å². The molecule has 29 heavy (non-hydrogen) atoms. The van der Waals surface area contributed by atoms with Crippen molar-refractivity contribution >= 4 is 15.9 Å². The first kappa shape index (κ1) is 19.2. The van der Waals surface area contributed by atoms with Crippen molar-refractivity contribution in [1.82, 2.24) is 29.7 Å². The van der Waals surface area contributed by atoms with Crippen LogP contribution in [0.1, 0.15) is 36.2 Å². The molecule has 0 spiro atoms. The molecule has 1 aliphatic rings. The highest BCUT2D eigenvalue weighted by atomic mass is 32.2. The number of nitrogens with one attached hydrogen (secondary N) is 1. The molecule has 1 aliphatic heterocycles. The monoisotopic (exact) mass is 414 g/mol. The number of sulfonamides is 1. The highest BCUT2D eigenvalue weighted by Gasteiger charge is 2.36. The lowest BCUT2D eigenvalue weighted by Crippen LogP contribution is -2.27. The number of aromatic nitrogens is 4. The van der Waals surface area contributed by atoms with Crippen LogP contribution < -0.4 is 4.72 Å². The van der Waals surface area contributed by atoms with Crippen molar-refractivity contribution < 1.29 is 17.7 Å². The first-order valence-corrected chi connectivity index (χ1v) is 10.4. The predicted octanol–water partition coefficient (Wildman–Crippen LogP) is 1.20. The van der Waals surface area contributed by atoms with Gasteiger partial charge in [-0.25, -0.2) is 13.1 Å². The first-order valence-electron chi connectivity index (χ1n) is 8.93. The Morgan fingerprint density at radius 1 is 1.17 bits per heavy atom. The van der Waals surface area contributed by atoms with Gasteiger partial charge < -0.3 is 9.42 Å². The van der Waals surface area contributed by atoms with E-state index in [-0.39, 0.29) is 29.2 Å². The predicted molar refractivity (Wildman–Crippen MR) is 99.3 cm³/mol. The summed E-state index contributed by atoms with van der Waals surface area (Å²) in [5, 5.41) is 3.85. The van der Waals surface area contributed by atoms with E-state index in [0.29, 0.717) is 25.3 Å². The Bertz CT molecular complexity index is 1090. The molecule has 4 heterocycles.